The number of esters is 1. The summed E-state index contributed by atoms with van der Waals surface area (Å²) in [6.45, 7) is 6.18. The highest BCUT2D eigenvalue weighted by atomic mass is 32.1. The molecule has 1 aromatic rings. The Hall–Kier alpha value is -1.36. The quantitative estimate of drug-likeness (QED) is 0.805. The van der Waals surface area contributed by atoms with Gasteiger partial charge in [0, 0.05) is 11.4 Å². The van der Waals surface area contributed by atoms with Gasteiger partial charge in [0.25, 0.3) is 0 Å². The molecule has 5 heteroatoms. The maximum absolute atomic E-state index is 12.3. The van der Waals surface area contributed by atoms with E-state index >= 15 is 0 Å². The van der Waals surface area contributed by atoms with Gasteiger partial charge < -0.3 is 9.64 Å². The molecular weight excluding hydrogens is 274 g/mol. The van der Waals surface area contributed by atoms with Gasteiger partial charge in [0.1, 0.15) is 11.6 Å². The van der Waals surface area contributed by atoms with Crippen molar-refractivity contribution >= 4 is 23.2 Å². The lowest BCUT2D eigenvalue weighted by Crippen LogP contribution is -2.44. The number of carbonyl (C=O) groups excluding carboxylic acids is 2. The molecule has 1 amide bonds. The third-order valence-corrected chi connectivity index (χ3v) is 4.03. The Morgan fingerprint density at radius 3 is 2.80 bits per heavy atom. The van der Waals surface area contributed by atoms with Crippen LogP contribution in [0.4, 0.5) is 0 Å². The maximum atomic E-state index is 12.3. The normalized spacial score (nSPS) is 19.1. The summed E-state index contributed by atoms with van der Waals surface area (Å²) in [6.07, 6.45) is 1.93. The number of nitrogens with zero attached hydrogens (tertiary/aromatic N) is 1. The molecule has 2 heterocycles. The number of hydrogen-bond donors (Lipinski definition) is 0. The number of ether oxygens (including phenoxy) is 1. The molecule has 0 N–H and O–H groups in total. The highest BCUT2D eigenvalue weighted by molar-refractivity contribution is 7.10. The number of amides is 1. The molecule has 0 bridgehead atoms. The summed E-state index contributed by atoms with van der Waals surface area (Å²) < 4.78 is 5.41. The lowest BCUT2D eigenvalue weighted by Gasteiger charge is -2.27. The standard InChI is InChI=1S/C15H21NO3S/c1-15(2,3)19-14(18)12-7-4-8-16(12)13(17)10-11-6-5-9-20-11/h5-6,9,12H,4,7-8,10H2,1-3H3/t12-/m1/s1. The molecule has 0 spiro atoms. The Bertz CT molecular complexity index is 476. The first-order valence-corrected chi connectivity index (χ1v) is 7.79. The summed E-state index contributed by atoms with van der Waals surface area (Å²) in [7, 11) is 0. The van der Waals surface area contributed by atoms with Crippen molar-refractivity contribution in [3.05, 3.63) is 22.4 Å². The van der Waals surface area contributed by atoms with Gasteiger partial charge in [0.2, 0.25) is 5.91 Å². The van der Waals surface area contributed by atoms with E-state index in [2.05, 4.69) is 0 Å². The first kappa shape index (κ1) is 15.0. The van der Waals surface area contributed by atoms with Gasteiger partial charge in [0.15, 0.2) is 0 Å². The van der Waals surface area contributed by atoms with Crippen LogP contribution in [0.3, 0.4) is 0 Å². The van der Waals surface area contributed by atoms with Gasteiger partial charge in [-0.3, -0.25) is 4.79 Å². The highest BCUT2D eigenvalue weighted by Gasteiger charge is 2.36. The van der Waals surface area contributed by atoms with E-state index in [1.807, 2.05) is 38.3 Å². The van der Waals surface area contributed by atoms with Crippen molar-refractivity contribution in [3.63, 3.8) is 0 Å². The minimum absolute atomic E-state index is 0.0146. The first-order chi connectivity index (χ1) is 9.37. The van der Waals surface area contributed by atoms with Gasteiger partial charge in [-0.25, -0.2) is 4.79 Å². The van der Waals surface area contributed by atoms with Gasteiger partial charge in [-0.15, -0.1) is 11.3 Å². The van der Waals surface area contributed by atoms with Crippen LogP contribution in [-0.2, 0) is 20.7 Å². The summed E-state index contributed by atoms with van der Waals surface area (Å²) in [6, 6.07) is 3.46. The fourth-order valence-electron chi connectivity index (χ4n) is 2.34. The van der Waals surface area contributed by atoms with E-state index in [0.717, 1.165) is 11.3 Å². The molecule has 0 unspecified atom stereocenters. The molecule has 0 saturated carbocycles. The molecule has 1 saturated heterocycles. The third-order valence-electron chi connectivity index (χ3n) is 3.16. The van der Waals surface area contributed by atoms with Gasteiger partial charge in [-0.2, -0.15) is 0 Å². The van der Waals surface area contributed by atoms with Crippen LogP contribution in [0, 0.1) is 0 Å². The molecule has 1 atom stereocenters. The summed E-state index contributed by atoms with van der Waals surface area (Å²) in [5, 5.41) is 1.96. The van der Waals surface area contributed by atoms with Crippen LogP contribution < -0.4 is 0 Å². The number of likely N-dealkylation sites (tertiary alicyclic amines) is 1. The van der Waals surface area contributed by atoms with Crippen molar-refractivity contribution < 1.29 is 14.3 Å². The molecule has 20 heavy (non-hydrogen) atoms. The Labute approximate surface area is 123 Å². The average Bonchev–Trinajstić information content (AvgIpc) is 2.96. The van der Waals surface area contributed by atoms with E-state index in [1.54, 1.807) is 16.2 Å². The summed E-state index contributed by atoms with van der Waals surface area (Å²) in [5.74, 6) is -0.268. The van der Waals surface area contributed by atoms with E-state index in [1.165, 1.54) is 0 Å². The zero-order chi connectivity index (χ0) is 14.8. The van der Waals surface area contributed by atoms with E-state index < -0.39 is 11.6 Å². The van der Waals surface area contributed by atoms with Crippen molar-refractivity contribution in [1.82, 2.24) is 4.90 Å². The molecule has 1 aliphatic heterocycles. The molecule has 0 aliphatic carbocycles. The molecule has 0 radical (unpaired) electrons. The molecule has 0 aromatic carbocycles. The Balaban J connectivity index is 1.99. The molecule has 1 fully saturated rings. The zero-order valence-electron chi connectivity index (χ0n) is 12.2. The zero-order valence-corrected chi connectivity index (χ0v) is 13.0. The second-order valence-corrected chi connectivity index (χ2v) is 7.07. The number of carbonyl (C=O) groups is 2. The SMILES string of the molecule is CC(C)(C)OC(=O)[C@H]1CCCN1C(=O)Cc1cccs1. The summed E-state index contributed by atoms with van der Waals surface area (Å²) in [4.78, 5) is 27.2. The van der Waals surface area contributed by atoms with Crippen molar-refractivity contribution in [2.24, 2.45) is 0 Å². The van der Waals surface area contributed by atoms with Crippen LogP contribution in [-0.4, -0.2) is 35.0 Å². The van der Waals surface area contributed by atoms with Crippen molar-refractivity contribution in [3.8, 4) is 0 Å². The second kappa shape index (κ2) is 5.95. The van der Waals surface area contributed by atoms with Gasteiger partial charge in [-0.05, 0) is 45.1 Å². The molecule has 110 valence electrons. The van der Waals surface area contributed by atoms with E-state index in [-0.39, 0.29) is 11.9 Å². The summed E-state index contributed by atoms with van der Waals surface area (Å²) in [5.41, 5.74) is -0.512. The van der Waals surface area contributed by atoms with E-state index in [0.29, 0.717) is 19.4 Å². The smallest absolute Gasteiger partial charge is 0.329 e. The van der Waals surface area contributed by atoms with E-state index in [9.17, 15) is 9.59 Å². The van der Waals surface area contributed by atoms with Crippen LogP contribution >= 0.6 is 11.3 Å². The van der Waals surface area contributed by atoms with Crippen LogP contribution in [0.1, 0.15) is 38.5 Å². The van der Waals surface area contributed by atoms with Crippen molar-refractivity contribution in [2.75, 3.05) is 6.54 Å². The minimum Gasteiger partial charge on any atom is -0.458 e. The predicted octanol–water partition coefficient (Wildman–Crippen LogP) is 2.62. The number of hydrogen-bond acceptors (Lipinski definition) is 4. The first-order valence-electron chi connectivity index (χ1n) is 6.91. The Kier molecular flexibility index (Phi) is 4.48. The monoisotopic (exact) mass is 295 g/mol. The average molecular weight is 295 g/mol. The topological polar surface area (TPSA) is 46.6 Å². The lowest BCUT2D eigenvalue weighted by atomic mass is 10.1. The maximum Gasteiger partial charge on any atom is 0.329 e. The highest BCUT2D eigenvalue weighted by Crippen LogP contribution is 2.22. The van der Waals surface area contributed by atoms with Crippen LogP contribution in [0.5, 0.6) is 0 Å². The fourth-order valence-corrected chi connectivity index (χ4v) is 3.04. The molecule has 2 rings (SSSR count). The van der Waals surface area contributed by atoms with Crippen LogP contribution in [0.25, 0.3) is 0 Å². The summed E-state index contributed by atoms with van der Waals surface area (Å²) >= 11 is 1.57. The molecular formula is C15H21NO3S. The lowest BCUT2D eigenvalue weighted by molar-refractivity contribution is -0.163. The minimum atomic E-state index is -0.512. The van der Waals surface area contributed by atoms with E-state index in [4.69, 9.17) is 4.74 Å². The number of rotatable bonds is 3. The molecule has 4 nitrogen and oxygen atoms in total. The van der Waals surface area contributed by atoms with Gasteiger partial charge in [-0.1, -0.05) is 6.07 Å². The van der Waals surface area contributed by atoms with Crippen LogP contribution in [0.2, 0.25) is 0 Å². The predicted molar refractivity (Wildman–Crippen MR) is 78.6 cm³/mol. The second-order valence-electron chi connectivity index (χ2n) is 6.03. The Morgan fingerprint density at radius 2 is 2.20 bits per heavy atom. The number of thiophene rings is 1. The van der Waals surface area contributed by atoms with Gasteiger partial charge in [0.05, 0.1) is 6.42 Å². The molecule has 1 aliphatic rings. The Morgan fingerprint density at radius 1 is 1.45 bits per heavy atom. The van der Waals surface area contributed by atoms with Crippen LogP contribution in [0.15, 0.2) is 17.5 Å². The van der Waals surface area contributed by atoms with Crippen molar-refractivity contribution in [2.45, 2.75) is 51.7 Å². The van der Waals surface area contributed by atoms with Gasteiger partial charge >= 0.3 is 5.97 Å². The fraction of sp³-hybridized carbons (Fsp3) is 0.600. The van der Waals surface area contributed by atoms with Crippen molar-refractivity contribution in [1.29, 1.82) is 0 Å². The third kappa shape index (κ3) is 3.82. The largest absolute Gasteiger partial charge is 0.458 e. The molecule has 1 aromatic heterocycles.